The molecule has 0 aliphatic carbocycles. The van der Waals surface area contributed by atoms with Crippen LogP contribution in [0.2, 0.25) is 0 Å². The molecule has 0 spiro atoms. The third-order valence-electron chi connectivity index (χ3n) is 1.94. The topological polar surface area (TPSA) is 59.4 Å². The number of rotatable bonds is 4. The predicted octanol–water partition coefficient (Wildman–Crippen LogP) is 1.38. The molecule has 1 aromatic rings. The lowest BCUT2D eigenvalue weighted by atomic mass is 10.1. The van der Waals surface area contributed by atoms with Crippen molar-refractivity contribution in [1.29, 1.82) is 0 Å². The lowest BCUT2D eigenvalue weighted by Crippen LogP contribution is -2.11. The minimum atomic E-state index is -0.885. The smallest absolute Gasteiger partial charge is 0.308 e. The average molecular weight is 209 g/mol. The molecule has 82 valence electrons. The third kappa shape index (κ3) is 3.67. The highest BCUT2D eigenvalue weighted by Crippen LogP contribution is 2.15. The summed E-state index contributed by atoms with van der Waals surface area (Å²) in [5.74, 6) is -0.409. The highest BCUT2D eigenvalue weighted by molar-refractivity contribution is 5.70. The second-order valence-electron chi connectivity index (χ2n) is 3.28. The molecule has 1 heterocycles. The minimum Gasteiger partial charge on any atom is -0.466 e. The highest BCUT2D eigenvalue weighted by atomic mass is 16.5. The van der Waals surface area contributed by atoms with Gasteiger partial charge in [-0.3, -0.25) is 9.78 Å². The largest absolute Gasteiger partial charge is 0.466 e. The zero-order valence-corrected chi connectivity index (χ0v) is 8.93. The molecule has 0 fully saturated rings. The van der Waals surface area contributed by atoms with E-state index in [-0.39, 0.29) is 6.42 Å². The Bertz CT molecular complexity index is 338. The van der Waals surface area contributed by atoms with Gasteiger partial charge in [-0.15, -0.1) is 0 Å². The van der Waals surface area contributed by atoms with E-state index in [4.69, 9.17) is 4.74 Å². The van der Waals surface area contributed by atoms with E-state index in [2.05, 4.69) is 4.98 Å². The summed E-state index contributed by atoms with van der Waals surface area (Å²) in [6.45, 7) is 3.96. The van der Waals surface area contributed by atoms with Crippen molar-refractivity contribution in [2.75, 3.05) is 6.61 Å². The van der Waals surface area contributed by atoms with Crippen molar-refractivity contribution < 1.29 is 14.6 Å². The summed E-state index contributed by atoms with van der Waals surface area (Å²) in [7, 11) is 0. The summed E-state index contributed by atoms with van der Waals surface area (Å²) in [5, 5.41) is 9.68. The Labute approximate surface area is 88.9 Å². The van der Waals surface area contributed by atoms with Crippen molar-refractivity contribution in [3.8, 4) is 0 Å². The van der Waals surface area contributed by atoms with Gasteiger partial charge in [0.15, 0.2) is 0 Å². The molecule has 0 aromatic carbocycles. The molecule has 0 aliphatic rings. The number of aliphatic hydroxyl groups is 1. The van der Waals surface area contributed by atoms with Gasteiger partial charge in [-0.05, 0) is 31.5 Å². The summed E-state index contributed by atoms with van der Waals surface area (Å²) >= 11 is 0. The van der Waals surface area contributed by atoms with Crippen molar-refractivity contribution in [3.05, 3.63) is 29.6 Å². The standard InChI is InChI=1S/C11H15NO3/c1-3-15-11(14)7-10(13)9-6-8(2)4-5-12-9/h4-6,10,13H,3,7H2,1-2H3/t10-/m0/s1. The molecule has 15 heavy (non-hydrogen) atoms. The van der Waals surface area contributed by atoms with Crippen molar-refractivity contribution in [2.24, 2.45) is 0 Å². The molecule has 4 nitrogen and oxygen atoms in total. The molecule has 0 radical (unpaired) electrons. The van der Waals surface area contributed by atoms with Crippen LogP contribution in [-0.4, -0.2) is 22.7 Å². The van der Waals surface area contributed by atoms with Crippen molar-refractivity contribution in [3.63, 3.8) is 0 Å². The second-order valence-corrected chi connectivity index (χ2v) is 3.28. The van der Waals surface area contributed by atoms with E-state index in [1.54, 1.807) is 19.2 Å². The number of carbonyl (C=O) groups is 1. The van der Waals surface area contributed by atoms with Gasteiger partial charge < -0.3 is 9.84 Å². The molecule has 4 heteroatoms. The molecule has 0 aliphatic heterocycles. The quantitative estimate of drug-likeness (QED) is 0.761. The number of aliphatic hydroxyl groups excluding tert-OH is 1. The van der Waals surface area contributed by atoms with Crippen LogP contribution in [-0.2, 0) is 9.53 Å². The fourth-order valence-electron chi connectivity index (χ4n) is 1.22. The van der Waals surface area contributed by atoms with E-state index >= 15 is 0 Å². The fraction of sp³-hybridized carbons (Fsp3) is 0.455. The molecule has 1 atom stereocenters. The molecule has 0 saturated heterocycles. The maximum absolute atomic E-state index is 11.1. The zero-order valence-electron chi connectivity index (χ0n) is 8.93. The van der Waals surface area contributed by atoms with Crippen LogP contribution >= 0.6 is 0 Å². The van der Waals surface area contributed by atoms with Gasteiger partial charge in [-0.2, -0.15) is 0 Å². The molecule has 0 unspecified atom stereocenters. The van der Waals surface area contributed by atoms with Crippen molar-refractivity contribution >= 4 is 5.97 Å². The number of nitrogens with zero attached hydrogens (tertiary/aromatic N) is 1. The second kappa shape index (κ2) is 5.46. The van der Waals surface area contributed by atoms with E-state index in [1.807, 2.05) is 13.0 Å². The van der Waals surface area contributed by atoms with Crippen LogP contribution in [0.4, 0.5) is 0 Å². The molecular weight excluding hydrogens is 194 g/mol. The van der Waals surface area contributed by atoms with E-state index in [9.17, 15) is 9.90 Å². The molecule has 1 N–H and O–H groups in total. The van der Waals surface area contributed by atoms with Gasteiger partial charge in [-0.25, -0.2) is 0 Å². The maximum atomic E-state index is 11.1. The Hall–Kier alpha value is -1.42. The third-order valence-corrected chi connectivity index (χ3v) is 1.94. The highest BCUT2D eigenvalue weighted by Gasteiger charge is 2.14. The van der Waals surface area contributed by atoms with Gasteiger partial charge >= 0.3 is 5.97 Å². The lowest BCUT2D eigenvalue weighted by Gasteiger charge is -2.09. The number of ether oxygens (including phenoxy) is 1. The van der Waals surface area contributed by atoms with Crippen LogP contribution in [0, 0.1) is 6.92 Å². The van der Waals surface area contributed by atoms with Gasteiger partial charge in [0.25, 0.3) is 0 Å². The van der Waals surface area contributed by atoms with Gasteiger partial charge in [-0.1, -0.05) is 0 Å². The summed E-state index contributed by atoms with van der Waals surface area (Å²) in [4.78, 5) is 15.1. The van der Waals surface area contributed by atoms with Crippen LogP contribution < -0.4 is 0 Å². The van der Waals surface area contributed by atoms with Gasteiger partial charge in [0.2, 0.25) is 0 Å². The number of hydrogen-bond acceptors (Lipinski definition) is 4. The Morgan fingerprint density at radius 2 is 2.40 bits per heavy atom. The first-order chi connectivity index (χ1) is 7.13. The maximum Gasteiger partial charge on any atom is 0.308 e. The number of aromatic nitrogens is 1. The number of esters is 1. The molecule has 1 rings (SSSR count). The van der Waals surface area contributed by atoms with Crippen LogP contribution in [0.5, 0.6) is 0 Å². The summed E-state index contributed by atoms with van der Waals surface area (Å²) in [6, 6.07) is 3.59. The van der Waals surface area contributed by atoms with E-state index in [1.165, 1.54) is 0 Å². The molecular formula is C11H15NO3. The average Bonchev–Trinajstić information content (AvgIpc) is 2.18. The van der Waals surface area contributed by atoms with Crippen molar-refractivity contribution in [1.82, 2.24) is 4.98 Å². The lowest BCUT2D eigenvalue weighted by molar-refractivity contribution is -0.145. The fourth-order valence-corrected chi connectivity index (χ4v) is 1.22. The van der Waals surface area contributed by atoms with Crippen LogP contribution in [0.15, 0.2) is 18.3 Å². The van der Waals surface area contributed by atoms with Gasteiger partial charge in [0.1, 0.15) is 6.10 Å². The molecule has 1 aromatic heterocycles. The number of pyridine rings is 1. The van der Waals surface area contributed by atoms with Gasteiger partial charge in [0.05, 0.1) is 18.7 Å². The first kappa shape index (κ1) is 11.7. The Balaban J connectivity index is 2.60. The van der Waals surface area contributed by atoms with Crippen LogP contribution in [0.1, 0.15) is 30.7 Å². The molecule has 0 amide bonds. The van der Waals surface area contributed by atoms with E-state index < -0.39 is 12.1 Å². The number of carbonyl (C=O) groups excluding carboxylic acids is 1. The van der Waals surface area contributed by atoms with E-state index in [0.717, 1.165) is 5.56 Å². The SMILES string of the molecule is CCOC(=O)C[C@H](O)c1cc(C)ccn1. The minimum absolute atomic E-state index is 0.0513. The number of hydrogen-bond donors (Lipinski definition) is 1. The summed E-state index contributed by atoms with van der Waals surface area (Å²) in [5.41, 5.74) is 1.51. The van der Waals surface area contributed by atoms with Gasteiger partial charge in [0, 0.05) is 6.20 Å². The molecule has 0 bridgehead atoms. The Morgan fingerprint density at radius 1 is 1.67 bits per heavy atom. The zero-order chi connectivity index (χ0) is 11.3. The van der Waals surface area contributed by atoms with Crippen LogP contribution in [0.3, 0.4) is 0 Å². The predicted molar refractivity (Wildman–Crippen MR) is 55.2 cm³/mol. The summed E-state index contributed by atoms with van der Waals surface area (Å²) in [6.07, 6.45) is 0.674. The Kier molecular flexibility index (Phi) is 4.24. The Morgan fingerprint density at radius 3 is 3.00 bits per heavy atom. The van der Waals surface area contributed by atoms with Crippen LogP contribution in [0.25, 0.3) is 0 Å². The first-order valence-corrected chi connectivity index (χ1v) is 4.89. The van der Waals surface area contributed by atoms with E-state index in [0.29, 0.717) is 12.3 Å². The normalized spacial score (nSPS) is 12.2. The summed E-state index contributed by atoms with van der Waals surface area (Å²) < 4.78 is 4.74. The monoisotopic (exact) mass is 209 g/mol. The van der Waals surface area contributed by atoms with Crippen molar-refractivity contribution in [2.45, 2.75) is 26.4 Å². The first-order valence-electron chi connectivity index (χ1n) is 4.89. The molecule has 0 saturated carbocycles. The number of aryl methyl sites for hydroxylation is 1.